The molecule has 1 N–H and O–H groups in total. The van der Waals surface area contributed by atoms with Crippen LogP contribution in [0.15, 0.2) is 94.7 Å². The Morgan fingerprint density at radius 3 is 2.30 bits per heavy atom. The van der Waals surface area contributed by atoms with Crippen LogP contribution in [0.25, 0.3) is 54.3 Å². The molecular formula is C41H41IrN2O2S-. The summed E-state index contributed by atoms with van der Waals surface area (Å²) in [4.78, 5) is 23.6. The minimum Gasteiger partial charge on any atom is -0.512 e. The number of rotatable bonds is 3. The fraction of sp³-hybridized carbons (Fsp3) is 0.293. The molecule has 0 atom stereocenters. The monoisotopic (exact) mass is 818 g/mol. The Morgan fingerprint density at radius 2 is 1.60 bits per heavy atom. The van der Waals surface area contributed by atoms with Gasteiger partial charge in [-0.25, -0.2) is 0 Å². The standard InChI is InChI=1S/C30H21N2S.C11H20O2.Ir/c1-17(2)11-21-14-24-20(16-32-21)7-8-22-23-9-10-31-30-26-12-18-5-3-4-6-19(18)13-27(26)33-28(29(23)30)15-25(22)24;1-10(2,3)8(12)7-9(13)11(4,5)6;/h3-10,13-17H,11H2,1-2H3;7,12H,1-6H3;/q-1;;/b;8-7-;. The SMILES string of the molecule is CC(C)(C)C(=O)/C=C(\O)C(C)(C)C.CC(C)Cc1cc2c(ccc3c4ccnc5c4c(cc23)Sc2cc3ccccc3[c-]c2-5)cn1.[Ir]. The number of pyridine rings is 2. The van der Waals surface area contributed by atoms with Crippen molar-refractivity contribution >= 4 is 60.6 Å². The number of carbonyl (C=O) groups is 1. The number of aromatic nitrogens is 2. The summed E-state index contributed by atoms with van der Waals surface area (Å²) in [7, 11) is 0. The molecule has 6 aromatic rings. The van der Waals surface area contributed by atoms with Crippen molar-refractivity contribution in [3.63, 3.8) is 0 Å². The smallest absolute Gasteiger partial charge is 0.164 e. The van der Waals surface area contributed by atoms with E-state index in [4.69, 9.17) is 9.97 Å². The Morgan fingerprint density at radius 1 is 0.851 bits per heavy atom. The van der Waals surface area contributed by atoms with E-state index in [1.165, 1.54) is 53.6 Å². The van der Waals surface area contributed by atoms with E-state index in [1.807, 2.05) is 65.7 Å². The van der Waals surface area contributed by atoms with Gasteiger partial charge in [0.15, 0.2) is 5.78 Å². The van der Waals surface area contributed by atoms with Crippen LogP contribution >= 0.6 is 11.8 Å². The predicted molar refractivity (Wildman–Crippen MR) is 194 cm³/mol. The molecule has 0 saturated carbocycles. The molecule has 4 nitrogen and oxygen atoms in total. The third-order valence-electron chi connectivity index (χ3n) is 8.37. The molecule has 47 heavy (non-hydrogen) atoms. The van der Waals surface area contributed by atoms with Crippen LogP contribution in [-0.2, 0) is 31.3 Å². The summed E-state index contributed by atoms with van der Waals surface area (Å²) in [5, 5.41) is 19.5. The first-order valence-corrected chi connectivity index (χ1v) is 16.7. The average Bonchev–Trinajstić information content (AvgIpc) is 2.99. The Bertz CT molecular complexity index is 2190. The number of ketones is 1. The minimum absolute atomic E-state index is 0. The van der Waals surface area contributed by atoms with Gasteiger partial charge in [0, 0.05) is 71.1 Å². The second-order valence-corrected chi connectivity index (χ2v) is 15.8. The van der Waals surface area contributed by atoms with Crippen LogP contribution in [0.1, 0.15) is 61.1 Å². The van der Waals surface area contributed by atoms with Crippen molar-refractivity contribution in [3.8, 4) is 11.3 Å². The van der Waals surface area contributed by atoms with Gasteiger partial charge in [-0.2, -0.15) is 0 Å². The molecule has 0 spiro atoms. The van der Waals surface area contributed by atoms with Crippen molar-refractivity contribution in [2.45, 2.75) is 71.6 Å². The van der Waals surface area contributed by atoms with Crippen molar-refractivity contribution < 1.29 is 30.0 Å². The molecule has 1 aliphatic rings. The quantitative estimate of drug-likeness (QED) is 0.0833. The average molecular weight is 818 g/mol. The molecule has 0 fully saturated rings. The molecule has 2 aromatic heterocycles. The van der Waals surface area contributed by atoms with Gasteiger partial charge in [0.1, 0.15) is 5.76 Å². The van der Waals surface area contributed by atoms with E-state index in [-0.39, 0.29) is 37.1 Å². The van der Waals surface area contributed by atoms with Gasteiger partial charge in [-0.3, -0.25) is 14.8 Å². The zero-order valence-corrected chi connectivity index (χ0v) is 31.5. The molecule has 1 radical (unpaired) electrons. The predicted octanol–water partition coefficient (Wildman–Crippen LogP) is 11.3. The number of aliphatic hydroxyl groups is 1. The van der Waals surface area contributed by atoms with Crippen LogP contribution in [0.5, 0.6) is 0 Å². The third-order valence-corrected chi connectivity index (χ3v) is 9.45. The number of hydrogen-bond acceptors (Lipinski definition) is 5. The molecule has 243 valence electrons. The zero-order valence-electron chi connectivity index (χ0n) is 28.3. The largest absolute Gasteiger partial charge is 0.512 e. The van der Waals surface area contributed by atoms with Crippen LogP contribution in [0, 0.1) is 22.8 Å². The molecule has 4 aromatic carbocycles. The molecule has 7 rings (SSSR count). The van der Waals surface area contributed by atoms with E-state index in [1.54, 1.807) is 0 Å². The molecule has 0 amide bonds. The molecule has 0 unspecified atom stereocenters. The summed E-state index contributed by atoms with van der Waals surface area (Å²) < 4.78 is 0. The first-order chi connectivity index (χ1) is 21.7. The van der Waals surface area contributed by atoms with Gasteiger partial charge in [0.05, 0.1) is 0 Å². The Labute approximate surface area is 295 Å². The second kappa shape index (κ2) is 13.1. The number of hydrogen-bond donors (Lipinski definition) is 1. The van der Waals surface area contributed by atoms with Crippen LogP contribution in [0.2, 0.25) is 0 Å². The van der Waals surface area contributed by atoms with Gasteiger partial charge in [0.2, 0.25) is 0 Å². The zero-order chi connectivity index (χ0) is 33.0. The van der Waals surface area contributed by atoms with Gasteiger partial charge in [-0.1, -0.05) is 96.7 Å². The maximum atomic E-state index is 11.5. The van der Waals surface area contributed by atoms with E-state index < -0.39 is 5.41 Å². The summed E-state index contributed by atoms with van der Waals surface area (Å²) in [5.41, 5.74) is 2.55. The van der Waals surface area contributed by atoms with E-state index in [9.17, 15) is 9.90 Å². The topological polar surface area (TPSA) is 63.1 Å². The van der Waals surface area contributed by atoms with Gasteiger partial charge < -0.3 is 5.11 Å². The van der Waals surface area contributed by atoms with Crippen LogP contribution in [-0.4, -0.2) is 20.9 Å². The van der Waals surface area contributed by atoms with Crippen LogP contribution < -0.4 is 0 Å². The summed E-state index contributed by atoms with van der Waals surface area (Å²) in [5.74, 6) is 0.686. The van der Waals surface area contributed by atoms with E-state index in [2.05, 4.69) is 80.6 Å². The Hall–Kier alpha value is -3.57. The number of nitrogens with zero attached hydrogens (tertiary/aromatic N) is 2. The van der Waals surface area contributed by atoms with Crippen molar-refractivity contribution in [2.24, 2.45) is 16.7 Å². The Balaban J connectivity index is 0.000000267. The molecule has 6 heteroatoms. The second-order valence-electron chi connectivity index (χ2n) is 14.7. The Kier molecular flexibility index (Phi) is 9.72. The molecule has 1 aliphatic heterocycles. The van der Waals surface area contributed by atoms with Crippen LogP contribution in [0.4, 0.5) is 0 Å². The van der Waals surface area contributed by atoms with E-state index >= 15 is 0 Å². The number of carbonyl (C=O) groups excluding carboxylic acids is 1. The van der Waals surface area contributed by atoms with Crippen molar-refractivity contribution in [1.29, 1.82) is 0 Å². The summed E-state index contributed by atoms with van der Waals surface area (Å²) in [6.07, 6.45) is 6.31. The first kappa shape index (κ1) is 34.8. The van der Waals surface area contributed by atoms with E-state index in [0.29, 0.717) is 5.92 Å². The number of benzene rings is 4. The summed E-state index contributed by atoms with van der Waals surface area (Å²) in [6, 6.07) is 25.7. The van der Waals surface area contributed by atoms with Crippen molar-refractivity contribution in [2.75, 3.05) is 0 Å². The normalized spacial score (nSPS) is 13.0. The molecule has 0 saturated heterocycles. The molecule has 0 bridgehead atoms. The van der Waals surface area contributed by atoms with Gasteiger partial charge in [0.25, 0.3) is 0 Å². The van der Waals surface area contributed by atoms with Crippen LogP contribution in [0.3, 0.4) is 0 Å². The van der Waals surface area contributed by atoms with Crippen molar-refractivity contribution in [3.05, 3.63) is 96.7 Å². The maximum absolute atomic E-state index is 11.5. The third kappa shape index (κ3) is 7.02. The fourth-order valence-electron chi connectivity index (χ4n) is 5.69. The van der Waals surface area contributed by atoms with E-state index in [0.717, 1.165) is 28.8 Å². The number of fused-ring (bicyclic) bond motifs is 7. The summed E-state index contributed by atoms with van der Waals surface area (Å²) in [6.45, 7) is 15.6. The van der Waals surface area contributed by atoms with Crippen molar-refractivity contribution in [1.82, 2.24) is 9.97 Å². The maximum Gasteiger partial charge on any atom is 0.164 e. The molecule has 0 aliphatic carbocycles. The number of allylic oxidation sites excluding steroid dienone is 2. The minimum atomic E-state index is -0.417. The molecule has 3 heterocycles. The fourth-order valence-corrected chi connectivity index (χ4v) is 6.85. The van der Waals surface area contributed by atoms with Gasteiger partial charge in [-0.15, -0.1) is 35.3 Å². The number of aliphatic hydroxyl groups excluding tert-OH is 1. The van der Waals surface area contributed by atoms with Gasteiger partial charge in [-0.05, 0) is 62.4 Å². The molecular weight excluding hydrogens is 777 g/mol. The summed E-state index contributed by atoms with van der Waals surface area (Å²) >= 11 is 1.84. The van der Waals surface area contributed by atoms with Gasteiger partial charge >= 0.3 is 0 Å². The first-order valence-electron chi connectivity index (χ1n) is 15.9.